The molecule has 0 spiro atoms. The van der Waals surface area contributed by atoms with Crippen molar-refractivity contribution in [1.82, 2.24) is 4.90 Å². The maximum absolute atomic E-state index is 10.2. The van der Waals surface area contributed by atoms with Crippen LogP contribution in [0.25, 0.3) is 0 Å². The van der Waals surface area contributed by atoms with Gasteiger partial charge in [0.2, 0.25) is 0 Å². The molecule has 0 radical (unpaired) electrons. The molecule has 0 heterocycles. The molecule has 2 aromatic rings. The van der Waals surface area contributed by atoms with Crippen LogP contribution in [0.2, 0.25) is 0 Å². The standard InChI is InChI=1S/C27H38N2O4.Ca.2H/c1-20(2)27(19-28,22-10-12-24(31-5)26(18-22)33-7)14-8-15-29(3)16-13-21-9-11-23(30-4)25(17-21)32-6;;;/h9-12,17-18,20H,8,13-16H2,1-7H3;;;. The third-order valence-corrected chi connectivity index (χ3v) is 6.42. The third-order valence-electron chi connectivity index (χ3n) is 6.42. The molecular formula is C27H40CaN2O4. The van der Waals surface area contributed by atoms with Gasteiger partial charge in [0.05, 0.1) is 39.9 Å². The van der Waals surface area contributed by atoms with E-state index in [2.05, 4.69) is 37.9 Å². The first-order chi connectivity index (χ1) is 15.8. The molecule has 6 nitrogen and oxygen atoms in total. The second-order valence-corrected chi connectivity index (χ2v) is 8.65. The molecular weight excluding hydrogens is 456 g/mol. The minimum absolute atomic E-state index is 0. The molecule has 0 amide bonds. The Labute approximate surface area is 235 Å². The van der Waals surface area contributed by atoms with Crippen molar-refractivity contribution in [3.8, 4) is 29.1 Å². The van der Waals surface area contributed by atoms with Gasteiger partial charge in [-0.05, 0) is 74.2 Å². The van der Waals surface area contributed by atoms with Gasteiger partial charge in [-0.15, -0.1) is 0 Å². The van der Waals surface area contributed by atoms with E-state index in [-0.39, 0.29) is 43.7 Å². The average Bonchev–Trinajstić information content (AvgIpc) is 2.84. The number of nitriles is 1. The number of likely N-dealkylation sites (N-methyl/N-ethyl adjacent to an activating group) is 1. The number of hydrogen-bond acceptors (Lipinski definition) is 6. The predicted octanol–water partition coefficient (Wildman–Crippen LogP) is 4.18. The van der Waals surface area contributed by atoms with E-state index in [9.17, 15) is 5.26 Å². The Balaban J connectivity index is 0.00000578. The molecule has 1 unspecified atom stereocenters. The molecule has 2 aromatic carbocycles. The summed E-state index contributed by atoms with van der Waals surface area (Å²) in [6.45, 7) is 6.06. The van der Waals surface area contributed by atoms with E-state index in [1.165, 1.54) is 5.56 Å². The number of hydrogen-bond donors (Lipinski definition) is 0. The van der Waals surface area contributed by atoms with Gasteiger partial charge in [0.15, 0.2) is 23.0 Å². The summed E-state index contributed by atoms with van der Waals surface area (Å²) in [6.07, 6.45) is 2.61. The summed E-state index contributed by atoms with van der Waals surface area (Å²) in [5, 5.41) is 10.2. The molecule has 0 aliphatic rings. The Kier molecular flexibility index (Phi) is 13.1. The Morgan fingerprint density at radius 2 is 1.41 bits per heavy atom. The van der Waals surface area contributed by atoms with E-state index in [0.29, 0.717) is 11.5 Å². The van der Waals surface area contributed by atoms with Crippen LogP contribution in [0, 0.1) is 17.2 Å². The van der Waals surface area contributed by atoms with Crippen LogP contribution in [0.1, 0.15) is 37.8 Å². The van der Waals surface area contributed by atoms with Crippen molar-refractivity contribution in [2.24, 2.45) is 5.92 Å². The van der Waals surface area contributed by atoms with Gasteiger partial charge in [0.1, 0.15) is 0 Å². The Morgan fingerprint density at radius 3 is 1.94 bits per heavy atom. The van der Waals surface area contributed by atoms with Gasteiger partial charge in [-0.3, -0.25) is 0 Å². The fourth-order valence-corrected chi connectivity index (χ4v) is 4.23. The molecule has 0 saturated heterocycles. The summed E-state index contributed by atoms with van der Waals surface area (Å²) in [5.41, 5.74) is 1.60. The molecule has 0 N–H and O–H groups in total. The number of methoxy groups -OCH3 is 4. The molecule has 0 aliphatic carbocycles. The monoisotopic (exact) mass is 496 g/mol. The van der Waals surface area contributed by atoms with Crippen molar-refractivity contribution in [3.05, 3.63) is 47.5 Å². The molecule has 0 bridgehead atoms. The molecule has 2 rings (SSSR count). The molecule has 0 saturated carbocycles. The molecule has 0 fully saturated rings. The van der Waals surface area contributed by atoms with E-state index in [1.54, 1.807) is 28.4 Å². The number of ether oxygens (including phenoxy) is 4. The molecule has 0 aliphatic heterocycles. The van der Waals surface area contributed by atoms with Crippen LogP contribution < -0.4 is 18.9 Å². The van der Waals surface area contributed by atoms with Gasteiger partial charge >= 0.3 is 37.7 Å². The van der Waals surface area contributed by atoms with Crippen molar-refractivity contribution < 1.29 is 18.9 Å². The summed E-state index contributed by atoms with van der Waals surface area (Å²) < 4.78 is 21.6. The van der Waals surface area contributed by atoms with Crippen molar-refractivity contribution in [2.45, 2.75) is 38.5 Å². The summed E-state index contributed by atoms with van der Waals surface area (Å²) >= 11 is 0. The Bertz CT molecular complexity index is 945. The minimum atomic E-state index is -0.580. The predicted molar refractivity (Wildman–Crippen MR) is 140 cm³/mol. The zero-order chi connectivity index (χ0) is 24.4. The van der Waals surface area contributed by atoms with E-state index < -0.39 is 5.41 Å². The average molecular weight is 497 g/mol. The first-order valence-corrected chi connectivity index (χ1v) is 11.4. The fraction of sp³-hybridized carbons (Fsp3) is 0.519. The van der Waals surface area contributed by atoms with Gasteiger partial charge in [0.25, 0.3) is 0 Å². The van der Waals surface area contributed by atoms with Gasteiger partial charge in [-0.1, -0.05) is 26.0 Å². The van der Waals surface area contributed by atoms with Crippen LogP contribution in [-0.4, -0.2) is 91.2 Å². The van der Waals surface area contributed by atoms with E-state index >= 15 is 0 Å². The zero-order valence-electron chi connectivity index (χ0n) is 21.1. The molecule has 1 atom stereocenters. The zero-order valence-corrected chi connectivity index (χ0v) is 21.1. The topological polar surface area (TPSA) is 64.0 Å². The van der Waals surface area contributed by atoms with E-state index in [0.717, 1.165) is 49.4 Å². The van der Waals surface area contributed by atoms with Crippen LogP contribution in [0.4, 0.5) is 0 Å². The summed E-state index contributed by atoms with van der Waals surface area (Å²) in [6, 6.07) is 14.5. The number of benzene rings is 2. The van der Waals surface area contributed by atoms with Gasteiger partial charge in [-0.2, -0.15) is 5.26 Å². The van der Waals surface area contributed by atoms with Gasteiger partial charge in [0, 0.05) is 6.54 Å². The molecule has 184 valence electrons. The van der Waals surface area contributed by atoms with Crippen LogP contribution >= 0.6 is 0 Å². The summed E-state index contributed by atoms with van der Waals surface area (Å²) in [5.74, 6) is 2.99. The quantitative estimate of drug-likeness (QED) is 0.388. The van der Waals surface area contributed by atoms with Crippen molar-refractivity contribution in [1.29, 1.82) is 5.26 Å². The molecule has 7 heteroatoms. The van der Waals surface area contributed by atoms with Crippen LogP contribution in [-0.2, 0) is 11.8 Å². The van der Waals surface area contributed by atoms with E-state index in [4.69, 9.17) is 18.9 Å². The SMILES string of the molecule is COc1ccc(CCN(C)CCCC(C#N)(c2ccc(OC)c(OC)c2)C(C)C)cc1OC.[CaH2]. The number of rotatable bonds is 13. The van der Waals surface area contributed by atoms with Gasteiger partial charge < -0.3 is 23.8 Å². The van der Waals surface area contributed by atoms with Crippen molar-refractivity contribution in [3.63, 3.8) is 0 Å². The van der Waals surface area contributed by atoms with Crippen LogP contribution in [0.15, 0.2) is 36.4 Å². The van der Waals surface area contributed by atoms with Crippen molar-refractivity contribution >= 4 is 37.7 Å². The summed E-state index contributed by atoms with van der Waals surface area (Å²) in [4.78, 5) is 2.31. The van der Waals surface area contributed by atoms with Crippen LogP contribution in [0.5, 0.6) is 23.0 Å². The second kappa shape index (κ2) is 14.7. The first kappa shape index (κ1) is 30.4. The first-order valence-electron chi connectivity index (χ1n) is 11.4. The summed E-state index contributed by atoms with van der Waals surface area (Å²) in [7, 11) is 8.67. The van der Waals surface area contributed by atoms with E-state index in [1.807, 2.05) is 30.3 Å². The maximum atomic E-state index is 10.2. The van der Waals surface area contributed by atoms with Gasteiger partial charge in [-0.25, -0.2) is 0 Å². The fourth-order valence-electron chi connectivity index (χ4n) is 4.23. The molecule has 0 aromatic heterocycles. The normalized spacial score (nSPS) is 12.5. The third kappa shape index (κ3) is 7.42. The molecule has 34 heavy (non-hydrogen) atoms. The van der Waals surface area contributed by atoms with Crippen molar-refractivity contribution in [2.75, 3.05) is 48.6 Å². The Morgan fingerprint density at radius 1 is 0.853 bits per heavy atom. The number of nitrogens with zero attached hydrogens (tertiary/aromatic N) is 2. The van der Waals surface area contributed by atoms with Crippen LogP contribution in [0.3, 0.4) is 0 Å². The second-order valence-electron chi connectivity index (χ2n) is 8.65. The Hall–Kier alpha value is -1.65.